The van der Waals surface area contributed by atoms with Gasteiger partial charge in [0, 0.05) is 10.7 Å². The first-order valence-electron chi connectivity index (χ1n) is 6.00. The van der Waals surface area contributed by atoms with Gasteiger partial charge in [0.2, 0.25) is 0 Å². The van der Waals surface area contributed by atoms with E-state index in [1.54, 1.807) is 7.11 Å². The number of hydrogen-bond acceptors (Lipinski definition) is 3. The Morgan fingerprint density at radius 2 is 2.21 bits per heavy atom. The van der Waals surface area contributed by atoms with Gasteiger partial charge < -0.3 is 17.4 Å². The lowest BCUT2D eigenvalue weighted by atomic mass is 10.1. The zero-order valence-corrected chi connectivity index (χ0v) is 12.7. The molecule has 19 heavy (non-hydrogen) atoms. The number of pyridine rings is 1. The van der Waals surface area contributed by atoms with Gasteiger partial charge in [-0.15, -0.1) is 0 Å². The Morgan fingerprint density at radius 3 is 2.84 bits per heavy atom. The number of ether oxygens (including phenoxy) is 1. The van der Waals surface area contributed by atoms with E-state index in [2.05, 4.69) is 4.98 Å². The van der Waals surface area contributed by atoms with Crippen molar-refractivity contribution in [3.63, 3.8) is 0 Å². The van der Waals surface area contributed by atoms with Crippen LogP contribution >= 0.6 is 11.6 Å². The Kier molecular flexibility index (Phi) is 4.27. The maximum Gasteiger partial charge on any atom is 0.145 e. The molecule has 1 aromatic carbocycles. The average molecular weight is 293 g/mol. The summed E-state index contributed by atoms with van der Waals surface area (Å²) in [6.07, 6.45) is 2.66. The number of allylic oxidation sites excluding steroid dienone is 2. The van der Waals surface area contributed by atoms with E-state index >= 15 is 0 Å². The van der Waals surface area contributed by atoms with Crippen LogP contribution in [0.1, 0.15) is 18.2 Å². The molecule has 2 rings (SSSR count). The molecule has 0 fully saturated rings. The van der Waals surface area contributed by atoms with E-state index in [-0.39, 0.29) is 0 Å². The van der Waals surface area contributed by atoms with Crippen molar-refractivity contribution in [2.75, 3.05) is 7.11 Å². The maximum absolute atomic E-state index is 5.88. The van der Waals surface area contributed by atoms with Gasteiger partial charge in [-0.05, 0) is 37.3 Å². The lowest BCUT2D eigenvalue weighted by molar-refractivity contribution is 0.418. The molecule has 0 spiro atoms. The fraction of sp³-hybridized carbons (Fsp3) is 0.267. The summed E-state index contributed by atoms with van der Waals surface area (Å²) in [6.45, 7) is 3.83. The van der Waals surface area contributed by atoms with E-state index in [0.717, 1.165) is 37.8 Å². The first kappa shape index (κ1) is 14.1. The van der Waals surface area contributed by atoms with Crippen LogP contribution in [0.5, 0.6) is 5.75 Å². The maximum atomic E-state index is 5.88. The smallest absolute Gasteiger partial charge is 0.145 e. The summed E-state index contributed by atoms with van der Waals surface area (Å²) in [4.78, 5) is 5.45. The Hall–Kier alpha value is -1.32. The predicted octanol–water partition coefficient (Wildman–Crippen LogP) is 4.14. The number of aromatic nitrogens is 1. The summed E-state index contributed by atoms with van der Waals surface area (Å²) in [5.41, 5.74) is 2.80. The monoisotopic (exact) mass is 292 g/mol. The minimum Gasteiger partial charge on any atom is -0.779 e. The van der Waals surface area contributed by atoms with Gasteiger partial charge in [-0.25, -0.2) is 4.98 Å². The molecule has 0 unspecified atom stereocenters. The highest BCUT2D eigenvalue weighted by molar-refractivity contribution is 7.59. The van der Waals surface area contributed by atoms with Crippen LogP contribution in [-0.2, 0) is 19.0 Å². The van der Waals surface area contributed by atoms with Gasteiger partial charge in [-0.1, -0.05) is 29.8 Å². The molecule has 0 aliphatic heterocycles. The first-order valence-corrected chi connectivity index (χ1v) is 6.78. The number of benzene rings is 1. The summed E-state index contributed by atoms with van der Waals surface area (Å²) in [5.74, 6) is 0.752. The number of para-hydroxylation sites is 1. The van der Waals surface area contributed by atoms with Crippen LogP contribution in [0.15, 0.2) is 34.2 Å². The highest BCUT2D eigenvalue weighted by atomic mass is 35.5. The largest absolute Gasteiger partial charge is 0.779 e. The molecule has 0 saturated carbocycles. The van der Waals surface area contributed by atoms with Crippen LogP contribution in [0.25, 0.3) is 10.9 Å². The van der Waals surface area contributed by atoms with Gasteiger partial charge in [0.05, 0.1) is 7.11 Å². The van der Waals surface area contributed by atoms with E-state index in [4.69, 9.17) is 29.0 Å². The molecule has 0 aliphatic carbocycles. The molecule has 1 heterocycles. The molecular formula is C15H15ClNOS-. The van der Waals surface area contributed by atoms with Gasteiger partial charge in [0.25, 0.3) is 0 Å². The van der Waals surface area contributed by atoms with Crippen LogP contribution in [0.2, 0.25) is 0 Å². The fourth-order valence-corrected chi connectivity index (χ4v) is 2.50. The zero-order valence-electron chi connectivity index (χ0n) is 11.2. The second kappa shape index (κ2) is 5.76. The molecule has 4 heteroatoms. The second-order valence-corrected chi connectivity index (χ2v) is 5.36. The lowest BCUT2D eigenvalue weighted by Crippen LogP contribution is -1.99. The first-order chi connectivity index (χ1) is 9.04. The average Bonchev–Trinajstić information content (AvgIpc) is 2.37. The summed E-state index contributed by atoms with van der Waals surface area (Å²) in [6, 6.07) is 5.81. The summed E-state index contributed by atoms with van der Waals surface area (Å²) in [5, 5.41) is 1.72. The molecule has 2 aromatic rings. The van der Waals surface area contributed by atoms with Gasteiger partial charge in [0.1, 0.15) is 11.3 Å². The van der Waals surface area contributed by atoms with Crippen molar-refractivity contribution in [2.24, 2.45) is 0 Å². The SMILES string of the molecule is COc1cccc2c([S-])c(C/C=C(/C)Cl)c(C)nc12. The predicted molar refractivity (Wildman–Crippen MR) is 82.0 cm³/mol. The summed E-state index contributed by atoms with van der Waals surface area (Å²) < 4.78 is 5.33. The van der Waals surface area contributed by atoms with E-state index < -0.39 is 0 Å². The van der Waals surface area contributed by atoms with Crippen LogP contribution < -0.4 is 4.74 Å². The highest BCUT2D eigenvalue weighted by Crippen LogP contribution is 2.30. The fourth-order valence-electron chi connectivity index (χ4n) is 2.03. The number of aryl methyl sites for hydroxylation is 1. The van der Waals surface area contributed by atoms with Crippen molar-refractivity contribution in [3.05, 3.63) is 40.6 Å². The molecule has 1 aromatic heterocycles. The lowest BCUT2D eigenvalue weighted by Gasteiger charge is -2.19. The van der Waals surface area contributed by atoms with Crippen LogP contribution in [0.3, 0.4) is 0 Å². The van der Waals surface area contributed by atoms with Gasteiger partial charge >= 0.3 is 0 Å². The molecule has 0 saturated heterocycles. The molecule has 0 bridgehead atoms. The molecule has 2 nitrogen and oxygen atoms in total. The topological polar surface area (TPSA) is 22.1 Å². The van der Waals surface area contributed by atoms with Crippen molar-refractivity contribution < 1.29 is 4.74 Å². The summed E-state index contributed by atoms with van der Waals surface area (Å²) in [7, 11) is 1.64. The molecule has 0 N–H and O–H groups in total. The number of fused-ring (bicyclic) bond motifs is 1. The molecular weight excluding hydrogens is 278 g/mol. The van der Waals surface area contributed by atoms with E-state index in [9.17, 15) is 0 Å². The standard InChI is InChI=1S/C15H16ClNOS/c1-9(16)7-8-11-10(2)17-14-12(15(11)19)5-4-6-13(14)18-3/h4-7H,8H2,1-3H3,(H,17,19)/p-1/b9-7-. The third kappa shape index (κ3) is 2.82. The van der Waals surface area contributed by atoms with Crippen molar-refractivity contribution in [1.82, 2.24) is 4.98 Å². The third-order valence-electron chi connectivity index (χ3n) is 3.04. The van der Waals surface area contributed by atoms with Crippen molar-refractivity contribution in [3.8, 4) is 5.75 Å². The van der Waals surface area contributed by atoms with Crippen molar-refractivity contribution >= 4 is 35.1 Å². The number of nitrogens with zero attached hydrogens (tertiary/aromatic N) is 1. The van der Waals surface area contributed by atoms with Crippen LogP contribution in [0.4, 0.5) is 0 Å². The Morgan fingerprint density at radius 1 is 1.47 bits per heavy atom. The minimum atomic E-state index is 0.708. The molecule has 0 amide bonds. The normalized spacial score (nSPS) is 11.9. The van der Waals surface area contributed by atoms with E-state index in [0.29, 0.717) is 6.42 Å². The van der Waals surface area contributed by atoms with Crippen LogP contribution in [-0.4, -0.2) is 12.1 Å². The van der Waals surface area contributed by atoms with E-state index in [1.165, 1.54) is 0 Å². The van der Waals surface area contributed by atoms with E-state index in [1.807, 2.05) is 38.1 Å². The van der Waals surface area contributed by atoms with Crippen LogP contribution in [0, 0.1) is 6.92 Å². The molecule has 100 valence electrons. The number of rotatable bonds is 3. The molecule has 0 atom stereocenters. The zero-order chi connectivity index (χ0) is 14.0. The number of halogens is 1. The Labute approximate surface area is 123 Å². The second-order valence-electron chi connectivity index (χ2n) is 4.36. The van der Waals surface area contributed by atoms with Gasteiger partial charge in [-0.3, -0.25) is 0 Å². The molecule has 0 aliphatic rings. The van der Waals surface area contributed by atoms with Crippen molar-refractivity contribution in [2.45, 2.75) is 25.2 Å². The quantitative estimate of drug-likeness (QED) is 0.794. The van der Waals surface area contributed by atoms with Gasteiger partial charge in [0.15, 0.2) is 0 Å². The minimum absolute atomic E-state index is 0.708. The Bertz CT molecular complexity index is 648. The van der Waals surface area contributed by atoms with Crippen molar-refractivity contribution in [1.29, 1.82) is 0 Å². The molecule has 0 radical (unpaired) electrons. The number of methoxy groups -OCH3 is 1. The summed E-state index contributed by atoms with van der Waals surface area (Å²) >= 11 is 11.5. The number of hydrogen-bond donors (Lipinski definition) is 0. The third-order valence-corrected chi connectivity index (χ3v) is 3.66. The Balaban J connectivity index is 2.66. The van der Waals surface area contributed by atoms with Gasteiger partial charge in [-0.2, -0.15) is 4.90 Å². The highest BCUT2D eigenvalue weighted by Gasteiger charge is 2.08.